The Morgan fingerprint density at radius 3 is 2.67 bits per heavy atom. The van der Waals surface area contributed by atoms with E-state index in [1.165, 1.54) is 17.3 Å². The zero-order chi connectivity index (χ0) is 23.8. The Morgan fingerprint density at radius 1 is 1.21 bits per heavy atom. The van der Waals surface area contributed by atoms with Gasteiger partial charge in [-0.15, -0.1) is 0 Å². The van der Waals surface area contributed by atoms with E-state index in [9.17, 15) is 22.9 Å². The molecule has 10 heteroatoms. The second-order valence-electron chi connectivity index (χ2n) is 7.78. The van der Waals surface area contributed by atoms with Crippen molar-refractivity contribution in [3.63, 3.8) is 0 Å². The van der Waals surface area contributed by atoms with Crippen LogP contribution in [-0.2, 0) is 16.6 Å². The minimum Gasteiger partial charge on any atom is -0.493 e. The smallest absolute Gasteiger partial charge is 0.308 e. The maximum atomic E-state index is 13.9. The fraction of sp³-hybridized carbons (Fsp3) is 0.217. The van der Waals surface area contributed by atoms with E-state index in [0.717, 1.165) is 12.1 Å². The van der Waals surface area contributed by atoms with Gasteiger partial charge in [-0.1, -0.05) is 42.5 Å². The number of benzene rings is 2. The molecule has 0 amide bonds. The zero-order valence-corrected chi connectivity index (χ0v) is 18.7. The summed E-state index contributed by atoms with van der Waals surface area (Å²) < 4.78 is 52.0. The molecule has 1 aliphatic carbocycles. The summed E-state index contributed by atoms with van der Waals surface area (Å²) in [6, 6.07) is 8.78. The van der Waals surface area contributed by atoms with Crippen LogP contribution >= 0.6 is 0 Å². The number of para-hydroxylation sites is 1. The molecule has 1 atom stereocenters. The van der Waals surface area contributed by atoms with Crippen LogP contribution in [0.25, 0.3) is 10.9 Å². The third-order valence-electron chi connectivity index (χ3n) is 5.64. The van der Waals surface area contributed by atoms with E-state index >= 15 is 0 Å². The molecule has 0 radical (unpaired) electrons. The maximum absolute atomic E-state index is 13.9. The van der Waals surface area contributed by atoms with Crippen LogP contribution in [0.15, 0.2) is 66.9 Å². The van der Waals surface area contributed by atoms with Gasteiger partial charge in [0.1, 0.15) is 11.4 Å². The van der Waals surface area contributed by atoms with Crippen molar-refractivity contribution in [3.05, 3.63) is 88.4 Å². The number of nitro benzene ring substituents is 1. The molecule has 8 nitrogen and oxygen atoms in total. The van der Waals surface area contributed by atoms with Gasteiger partial charge in [-0.3, -0.25) is 10.1 Å². The van der Waals surface area contributed by atoms with E-state index in [0.29, 0.717) is 22.9 Å². The topological polar surface area (TPSA) is 101 Å². The Bertz CT molecular complexity index is 1410. The first-order valence-corrected chi connectivity index (χ1v) is 11.4. The highest BCUT2D eigenvalue weighted by Crippen LogP contribution is 2.36. The molecule has 4 rings (SSSR count). The van der Waals surface area contributed by atoms with E-state index in [1.54, 1.807) is 55.5 Å². The Morgan fingerprint density at radius 2 is 2.00 bits per heavy atom. The van der Waals surface area contributed by atoms with Crippen molar-refractivity contribution in [1.82, 2.24) is 3.97 Å². The number of nitro groups is 1. The highest BCUT2D eigenvalue weighted by atomic mass is 32.2. The molecule has 3 aromatic rings. The first-order chi connectivity index (χ1) is 15.7. The zero-order valence-electron chi connectivity index (χ0n) is 17.9. The molecule has 0 saturated carbocycles. The van der Waals surface area contributed by atoms with Crippen molar-refractivity contribution in [1.29, 1.82) is 0 Å². The Hall–Kier alpha value is -3.66. The van der Waals surface area contributed by atoms with Crippen molar-refractivity contribution >= 4 is 26.6 Å². The molecular formula is C23H21FN2O6S. The molecule has 0 fully saturated rings. The molecule has 33 heavy (non-hydrogen) atoms. The van der Waals surface area contributed by atoms with E-state index in [2.05, 4.69) is 0 Å². The maximum Gasteiger partial charge on any atom is 0.308 e. The number of methoxy groups -OCH3 is 1. The van der Waals surface area contributed by atoms with Gasteiger partial charge < -0.3 is 9.47 Å². The first kappa shape index (κ1) is 22.5. The number of hydrogen-bond donors (Lipinski definition) is 0. The van der Waals surface area contributed by atoms with Gasteiger partial charge in [-0.25, -0.2) is 12.4 Å². The van der Waals surface area contributed by atoms with Gasteiger partial charge in [0, 0.05) is 23.2 Å². The number of hydrogen-bond acceptors (Lipinski definition) is 6. The second-order valence-corrected chi connectivity index (χ2v) is 10.1. The molecule has 1 aromatic heterocycles. The van der Waals surface area contributed by atoms with Gasteiger partial charge in [0.05, 0.1) is 23.6 Å². The third-order valence-corrected chi connectivity index (χ3v) is 7.94. The monoisotopic (exact) mass is 472 g/mol. The normalized spacial score (nSPS) is 17.9. The molecule has 1 heterocycles. The largest absolute Gasteiger partial charge is 0.493 e. The minimum absolute atomic E-state index is 0.0140. The predicted octanol–water partition coefficient (Wildman–Crippen LogP) is 4.73. The Labute approximate surface area is 189 Å². The standard InChI is InChI=1S/C23H21FN2O6S/c1-23(10-4-3-5-11-23)33(29,30)25-12-9-16-7-6-8-17(22(16)25)15-32-21-14-19(26(27)28)18(24)13-20(21)31-2/h3-10,12-14H,11,15H2,1-2H3. The molecule has 1 aliphatic rings. The summed E-state index contributed by atoms with van der Waals surface area (Å²) in [5.41, 5.74) is 0.228. The average Bonchev–Trinajstić information content (AvgIpc) is 3.24. The van der Waals surface area contributed by atoms with Gasteiger partial charge in [0.25, 0.3) is 0 Å². The summed E-state index contributed by atoms with van der Waals surface area (Å²) in [4.78, 5) is 10.3. The van der Waals surface area contributed by atoms with Gasteiger partial charge in [-0.2, -0.15) is 4.39 Å². The lowest BCUT2D eigenvalue weighted by atomic mass is 10.0. The van der Waals surface area contributed by atoms with Crippen molar-refractivity contribution in [2.24, 2.45) is 0 Å². The van der Waals surface area contributed by atoms with Crippen LogP contribution in [0.1, 0.15) is 18.9 Å². The van der Waals surface area contributed by atoms with E-state index in [1.807, 2.05) is 0 Å². The Kier molecular flexibility index (Phi) is 5.71. The molecule has 2 aromatic carbocycles. The number of rotatable bonds is 7. The summed E-state index contributed by atoms with van der Waals surface area (Å²) in [6.07, 6.45) is 8.83. The number of halogens is 1. The highest BCUT2D eigenvalue weighted by Gasteiger charge is 2.38. The molecular weight excluding hydrogens is 451 g/mol. The summed E-state index contributed by atoms with van der Waals surface area (Å²) >= 11 is 0. The Balaban J connectivity index is 1.75. The fourth-order valence-corrected chi connectivity index (χ4v) is 5.46. The van der Waals surface area contributed by atoms with Gasteiger partial charge in [-0.05, 0) is 19.4 Å². The second kappa shape index (κ2) is 8.36. The van der Waals surface area contributed by atoms with Gasteiger partial charge in [0.2, 0.25) is 15.8 Å². The summed E-state index contributed by atoms with van der Waals surface area (Å²) in [5, 5.41) is 11.8. The van der Waals surface area contributed by atoms with Crippen LogP contribution in [-0.4, -0.2) is 29.2 Å². The molecule has 0 saturated heterocycles. The molecule has 1 unspecified atom stereocenters. The molecule has 0 aliphatic heterocycles. The highest BCUT2D eigenvalue weighted by molar-refractivity contribution is 7.91. The number of nitrogens with zero attached hydrogens (tertiary/aromatic N) is 2. The lowest BCUT2D eigenvalue weighted by Gasteiger charge is -2.27. The van der Waals surface area contributed by atoms with Crippen molar-refractivity contribution < 1.29 is 27.2 Å². The van der Waals surface area contributed by atoms with Crippen molar-refractivity contribution in [3.8, 4) is 11.5 Å². The number of ether oxygens (including phenoxy) is 2. The molecule has 0 N–H and O–H groups in total. The minimum atomic E-state index is -3.83. The number of allylic oxidation sites excluding steroid dienone is 3. The van der Waals surface area contributed by atoms with E-state index in [-0.39, 0.29) is 18.1 Å². The molecule has 172 valence electrons. The predicted molar refractivity (Wildman–Crippen MR) is 121 cm³/mol. The fourth-order valence-electron chi connectivity index (χ4n) is 3.77. The SMILES string of the molecule is COc1cc(F)c([N+](=O)[O-])cc1OCc1cccc2ccn(S(=O)(=O)C3(C)C=CC=CC3)c12. The molecule has 0 spiro atoms. The third kappa shape index (κ3) is 3.86. The quantitative estimate of drug-likeness (QED) is 0.364. The van der Waals surface area contributed by atoms with Crippen molar-refractivity contribution in [2.75, 3.05) is 7.11 Å². The summed E-state index contributed by atoms with van der Waals surface area (Å²) in [7, 11) is -2.54. The van der Waals surface area contributed by atoms with Crippen LogP contribution in [0, 0.1) is 15.9 Å². The van der Waals surface area contributed by atoms with E-state index in [4.69, 9.17) is 9.47 Å². The number of fused-ring (bicyclic) bond motifs is 1. The average molecular weight is 472 g/mol. The first-order valence-electron chi connectivity index (χ1n) is 10.0. The summed E-state index contributed by atoms with van der Waals surface area (Å²) in [5.74, 6) is -1.09. The van der Waals surface area contributed by atoms with Gasteiger partial charge in [0.15, 0.2) is 11.5 Å². The van der Waals surface area contributed by atoms with Gasteiger partial charge >= 0.3 is 5.69 Å². The van der Waals surface area contributed by atoms with Crippen LogP contribution < -0.4 is 9.47 Å². The lowest BCUT2D eigenvalue weighted by molar-refractivity contribution is -0.387. The van der Waals surface area contributed by atoms with Crippen molar-refractivity contribution in [2.45, 2.75) is 24.7 Å². The summed E-state index contributed by atoms with van der Waals surface area (Å²) in [6.45, 7) is 1.54. The number of aromatic nitrogens is 1. The lowest BCUT2D eigenvalue weighted by Crippen LogP contribution is -2.37. The van der Waals surface area contributed by atoms with Crippen LogP contribution in [0.4, 0.5) is 10.1 Å². The van der Waals surface area contributed by atoms with E-state index < -0.39 is 31.2 Å². The van der Waals surface area contributed by atoms with Crippen LogP contribution in [0.3, 0.4) is 0 Å². The molecule has 0 bridgehead atoms. The van der Waals surface area contributed by atoms with Crippen LogP contribution in [0.5, 0.6) is 11.5 Å². The van der Waals surface area contributed by atoms with Crippen LogP contribution in [0.2, 0.25) is 0 Å².